The zero-order chi connectivity index (χ0) is 15.1. The number of hydrogen-bond donors (Lipinski definition) is 2. The van der Waals surface area contributed by atoms with Gasteiger partial charge < -0.3 is 11.1 Å². The number of nitrogens with two attached hydrogens (primary N) is 1. The number of halogens is 2. The summed E-state index contributed by atoms with van der Waals surface area (Å²) in [6.45, 7) is 1.10. The number of nitrogens with one attached hydrogen (secondary N) is 1. The molecular weight excluding hydrogens is 307 g/mol. The molecule has 2 rings (SSSR count). The van der Waals surface area contributed by atoms with Gasteiger partial charge in [-0.05, 0) is 29.8 Å². The van der Waals surface area contributed by atoms with E-state index in [2.05, 4.69) is 15.3 Å². The molecule has 3 N–H and O–H groups in total. The lowest BCUT2D eigenvalue weighted by molar-refractivity contribution is 0.827. The van der Waals surface area contributed by atoms with Crippen molar-refractivity contribution >= 4 is 29.2 Å². The molecule has 0 fully saturated rings. The van der Waals surface area contributed by atoms with E-state index in [0.717, 1.165) is 17.7 Å². The quantitative estimate of drug-likeness (QED) is 0.657. The van der Waals surface area contributed by atoms with Gasteiger partial charge in [0.15, 0.2) is 5.96 Å². The fourth-order valence-electron chi connectivity index (χ4n) is 1.74. The van der Waals surface area contributed by atoms with Gasteiger partial charge in [-0.1, -0.05) is 35.3 Å². The summed E-state index contributed by atoms with van der Waals surface area (Å²) in [7, 11) is 0. The normalized spacial score (nSPS) is 11.4. The summed E-state index contributed by atoms with van der Waals surface area (Å²) in [6, 6.07) is 11.1. The first-order valence-corrected chi connectivity index (χ1v) is 7.28. The summed E-state index contributed by atoms with van der Waals surface area (Å²) in [6.07, 6.45) is 2.56. The van der Waals surface area contributed by atoms with Crippen LogP contribution < -0.4 is 11.1 Å². The minimum absolute atomic E-state index is 0.386. The monoisotopic (exact) mass is 322 g/mol. The predicted octanol–water partition coefficient (Wildman–Crippen LogP) is 3.04. The molecule has 0 atom stereocenters. The van der Waals surface area contributed by atoms with Crippen LogP contribution >= 0.6 is 23.2 Å². The minimum atomic E-state index is 0.386. The maximum absolute atomic E-state index is 6.07. The van der Waals surface area contributed by atoms with Gasteiger partial charge in [0.05, 0.1) is 6.54 Å². The van der Waals surface area contributed by atoms with E-state index in [1.807, 2.05) is 24.3 Å². The van der Waals surface area contributed by atoms with Crippen molar-refractivity contribution in [3.8, 4) is 0 Å². The van der Waals surface area contributed by atoms with Crippen LogP contribution in [-0.2, 0) is 13.0 Å². The van der Waals surface area contributed by atoms with Crippen molar-refractivity contribution in [2.45, 2.75) is 13.0 Å². The maximum atomic E-state index is 6.07. The van der Waals surface area contributed by atoms with Crippen LogP contribution in [0.25, 0.3) is 0 Å². The molecule has 1 heterocycles. The van der Waals surface area contributed by atoms with Crippen LogP contribution in [0.2, 0.25) is 10.0 Å². The summed E-state index contributed by atoms with van der Waals surface area (Å²) >= 11 is 11.9. The fraction of sp³-hybridized carbons (Fsp3) is 0.200. The van der Waals surface area contributed by atoms with Crippen LogP contribution in [0.1, 0.15) is 11.3 Å². The van der Waals surface area contributed by atoms with Crippen molar-refractivity contribution in [1.82, 2.24) is 10.3 Å². The third kappa shape index (κ3) is 5.25. The summed E-state index contributed by atoms with van der Waals surface area (Å²) in [4.78, 5) is 8.49. The first-order valence-electron chi connectivity index (χ1n) is 6.53. The molecule has 0 unspecified atom stereocenters. The van der Waals surface area contributed by atoms with Crippen molar-refractivity contribution in [2.75, 3.05) is 6.54 Å². The molecule has 0 bridgehead atoms. The molecule has 21 heavy (non-hydrogen) atoms. The number of hydrogen-bond acceptors (Lipinski definition) is 2. The Labute approximate surface area is 134 Å². The van der Waals surface area contributed by atoms with E-state index in [1.165, 1.54) is 0 Å². The zero-order valence-corrected chi connectivity index (χ0v) is 12.9. The number of nitrogens with zero attached hydrogens (tertiary/aromatic N) is 2. The van der Waals surface area contributed by atoms with Gasteiger partial charge in [-0.2, -0.15) is 0 Å². The fourth-order valence-corrected chi connectivity index (χ4v) is 2.21. The van der Waals surface area contributed by atoms with E-state index in [9.17, 15) is 0 Å². The lowest BCUT2D eigenvalue weighted by Crippen LogP contribution is -2.33. The second-order valence-electron chi connectivity index (χ2n) is 4.44. The van der Waals surface area contributed by atoms with Crippen molar-refractivity contribution in [1.29, 1.82) is 0 Å². The van der Waals surface area contributed by atoms with Gasteiger partial charge in [0.1, 0.15) is 0 Å². The van der Waals surface area contributed by atoms with Gasteiger partial charge in [-0.3, -0.25) is 4.98 Å². The van der Waals surface area contributed by atoms with Crippen LogP contribution in [0.15, 0.2) is 47.6 Å². The summed E-state index contributed by atoms with van der Waals surface area (Å²) < 4.78 is 0. The average Bonchev–Trinajstić information content (AvgIpc) is 2.47. The number of benzene rings is 1. The van der Waals surface area contributed by atoms with Gasteiger partial charge in [0.25, 0.3) is 0 Å². The minimum Gasteiger partial charge on any atom is -0.370 e. The Morgan fingerprint density at radius 1 is 1.24 bits per heavy atom. The van der Waals surface area contributed by atoms with Gasteiger partial charge in [0, 0.05) is 34.9 Å². The van der Waals surface area contributed by atoms with Gasteiger partial charge >= 0.3 is 0 Å². The molecule has 1 aromatic carbocycles. The number of aromatic nitrogens is 1. The van der Waals surface area contributed by atoms with E-state index in [0.29, 0.717) is 29.1 Å². The van der Waals surface area contributed by atoms with Crippen LogP contribution in [0.4, 0.5) is 0 Å². The molecule has 6 heteroatoms. The molecule has 0 aliphatic rings. The summed E-state index contributed by atoms with van der Waals surface area (Å²) in [5.74, 6) is 0.386. The molecule has 1 aromatic heterocycles. The van der Waals surface area contributed by atoms with E-state index < -0.39 is 0 Å². The predicted molar refractivity (Wildman–Crippen MR) is 87.7 cm³/mol. The van der Waals surface area contributed by atoms with Crippen LogP contribution in [0.5, 0.6) is 0 Å². The number of pyridine rings is 1. The SMILES string of the molecule is NC(=NCc1ccc(Cl)cc1Cl)NCCc1ccccn1. The molecular formula is C15H16Cl2N4. The average molecular weight is 323 g/mol. The van der Waals surface area contributed by atoms with E-state index in [1.54, 1.807) is 18.3 Å². The van der Waals surface area contributed by atoms with Crippen LogP contribution in [-0.4, -0.2) is 17.5 Å². The van der Waals surface area contributed by atoms with E-state index in [-0.39, 0.29) is 0 Å². The van der Waals surface area contributed by atoms with E-state index in [4.69, 9.17) is 28.9 Å². The first-order chi connectivity index (χ1) is 10.1. The Balaban J connectivity index is 1.81. The van der Waals surface area contributed by atoms with Crippen LogP contribution in [0.3, 0.4) is 0 Å². The topological polar surface area (TPSA) is 63.3 Å². The Bertz CT molecular complexity index is 614. The third-order valence-electron chi connectivity index (χ3n) is 2.85. The highest BCUT2D eigenvalue weighted by atomic mass is 35.5. The molecule has 4 nitrogen and oxygen atoms in total. The van der Waals surface area contributed by atoms with E-state index >= 15 is 0 Å². The molecule has 0 radical (unpaired) electrons. The highest BCUT2D eigenvalue weighted by Crippen LogP contribution is 2.21. The molecule has 110 valence electrons. The molecule has 0 aliphatic carbocycles. The van der Waals surface area contributed by atoms with Gasteiger partial charge in [-0.15, -0.1) is 0 Å². The van der Waals surface area contributed by atoms with Gasteiger partial charge in [0.2, 0.25) is 0 Å². The highest BCUT2D eigenvalue weighted by Gasteiger charge is 2.01. The molecule has 0 aliphatic heterocycles. The zero-order valence-electron chi connectivity index (χ0n) is 11.4. The standard InChI is InChI=1S/C15H16Cl2N4/c16-12-5-4-11(14(17)9-12)10-21-15(18)20-8-6-13-3-1-2-7-19-13/h1-5,7,9H,6,8,10H2,(H3,18,20,21). The second kappa shape index (κ2) is 7.86. The largest absolute Gasteiger partial charge is 0.370 e. The summed E-state index contributed by atoms with van der Waals surface area (Å²) in [5, 5.41) is 4.25. The number of aliphatic imine (C=N–C) groups is 1. The van der Waals surface area contributed by atoms with Gasteiger partial charge in [-0.25, -0.2) is 4.99 Å². The lowest BCUT2D eigenvalue weighted by atomic mass is 10.2. The Kier molecular flexibility index (Phi) is 5.84. The second-order valence-corrected chi connectivity index (χ2v) is 5.28. The van der Waals surface area contributed by atoms with Crippen molar-refractivity contribution < 1.29 is 0 Å². The Morgan fingerprint density at radius 2 is 2.10 bits per heavy atom. The first kappa shape index (κ1) is 15.6. The van der Waals surface area contributed by atoms with Crippen molar-refractivity contribution in [3.63, 3.8) is 0 Å². The molecule has 0 spiro atoms. The van der Waals surface area contributed by atoms with Crippen LogP contribution in [0, 0.1) is 0 Å². The Hall–Kier alpha value is -1.78. The Morgan fingerprint density at radius 3 is 2.81 bits per heavy atom. The van der Waals surface area contributed by atoms with Crippen molar-refractivity contribution in [3.05, 3.63) is 63.9 Å². The lowest BCUT2D eigenvalue weighted by Gasteiger charge is -2.06. The molecule has 0 saturated heterocycles. The molecule has 0 saturated carbocycles. The maximum Gasteiger partial charge on any atom is 0.188 e. The highest BCUT2D eigenvalue weighted by molar-refractivity contribution is 6.35. The number of guanidine groups is 1. The third-order valence-corrected chi connectivity index (χ3v) is 3.44. The van der Waals surface area contributed by atoms with Crippen molar-refractivity contribution in [2.24, 2.45) is 10.7 Å². The molecule has 2 aromatic rings. The summed E-state index contributed by atoms with van der Waals surface area (Å²) in [5.41, 5.74) is 7.71. The molecule has 0 amide bonds. The number of rotatable bonds is 5. The smallest absolute Gasteiger partial charge is 0.188 e.